The number of nitrogens with one attached hydrogen (secondary N) is 1. The van der Waals surface area contributed by atoms with Crippen LogP contribution in [-0.2, 0) is 17.8 Å². The first kappa shape index (κ1) is 26.1. The molecule has 6 rings (SSSR count). The number of benzene rings is 1. The second kappa shape index (κ2) is 10.8. The van der Waals surface area contributed by atoms with Gasteiger partial charge in [-0.15, -0.1) is 11.3 Å². The summed E-state index contributed by atoms with van der Waals surface area (Å²) in [6.07, 6.45) is 4.62. The number of ether oxygens (including phenoxy) is 2. The quantitative estimate of drug-likeness (QED) is 0.428. The van der Waals surface area contributed by atoms with E-state index in [1.54, 1.807) is 18.4 Å². The summed E-state index contributed by atoms with van der Waals surface area (Å²) >= 11 is 1.67. The van der Waals surface area contributed by atoms with Crippen molar-refractivity contribution in [2.75, 3.05) is 26.7 Å². The molecular weight excluding hydrogens is 510 g/mol. The molecule has 1 aliphatic carbocycles. The second-order valence-electron chi connectivity index (χ2n) is 11.1. The molecule has 1 saturated heterocycles. The number of rotatable bonds is 7. The number of methoxy groups -OCH3 is 1. The zero-order valence-corrected chi connectivity index (χ0v) is 23.8. The molecule has 2 aromatic heterocycles. The fourth-order valence-corrected chi connectivity index (χ4v) is 6.87. The van der Waals surface area contributed by atoms with Crippen LogP contribution in [0, 0.1) is 5.92 Å². The van der Waals surface area contributed by atoms with Gasteiger partial charge >= 0.3 is 0 Å². The van der Waals surface area contributed by atoms with E-state index in [0.717, 1.165) is 66.1 Å². The minimum atomic E-state index is -0.409. The van der Waals surface area contributed by atoms with Gasteiger partial charge in [-0.1, -0.05) is 12.5 Å². The molecule has 2 fully saturated rings. The Morgan fingerprint density at radius 2 is 1.92 bits per heavy atom. The molecule has 8 heteroatoms. The van der Waals surface area contributed by atoms with Crippen LogP contribution in [0.1, 0.15) is 55.6 Å². The van der Waals surface area contributed by atoms with Crippen LogP contribution in [-0.4, -0.2) is 60.0 Å². The molecule has 39 heavy (non-hydrogen) atoms. The minimum absolute atomic E-state index is 0.00279. The Bertz CT molecular complexity index is 1370. The lowest BCUT2D eigenvalue weighted by Crippen LogP contribution is -2.51. The van der Waals surface area contributed by atoms with E-state index in [1.165, 1.54) is 5.56 Å². The van der Waals surface area contributed by atoms with Crippen molar-refractivity contribution < 1.29 is 19.1 Å². The highest BCUT2D eigenvalue weighted by atomic mass is 32.1. The summed E-state index contributed by atoms with van der Waals surface area (Å²) in [4.78, 5) is 30.8. The number of aryl methyl sites for hydroxylation is 1. The Morgan fingerprint density at radius 1 is 1.08 bits per heavy atom. The van der Waals surface area contributed by atoms with Gasteiger partial charge in [0.25, 0.3) is 5.91 Å². The molecule has 1 N–H and O–H groups in total. The molecule has 0 spiro atoms. The van der Waals surface area contributed by atoms with Crippen LogP contribution in [0.5, 0.6) is 11.5 Å². The summed E-state index contributed by atoms with van der Waals surface area (Å²) < 4.78 is 14.0. The SMILES string of the molecule is COc1cc2c(cc1OC(C)C)-c1c(-c3cccs3)cc(C(=O)N3CCCNCC3C(=O)C3CCC3)n1CC2. The van der Waals surface area contributed by atoms with E-state index >= 15 is 0 Å². The first-order valence-electron chi connectivity index (χ1n) is 14.2. The van der Waals surface area contributed by atoms with Crippen LogP contribution in [0.25, 0.3) is 21.7 Å². The highest BCUT2D eigenvalue weighted by molar-refractivity contribution is 7.13. The van der Waals surface area contributed by atoms with Crippen molar-refractivity contribution in [3.05, 3.63) is 47.0 Å². The Labute approximate surface area is 234 Å². The fraction of sp³-hybridized carbons (Fsp3) is 0.484. The predicted molar refractivity (Wildman–Crippen MR) is 154 cm³/mol. The lowest BCUT2D eigenvalue weighted by Gasteiger charge is -2.34. The predicted octanol–water partition coefficient (Wildman–Crippen LogP) is 5.41. The van der Waals surface area contributed by atoms with Crippen LogP contribution < -0.4 is 14.8 Å². The van der Waals surface area contributed by atoms with Crippen molar-refractivity contribution in [1.82, 2.24) is 14.8 Å². The first-order chi connectivity index (χ1) is 19.0. The Kier molecular flexibility index (Phi) is 7.25. The van der Waals surface area contributed by atoms with Crippen molar-refractivity contribution in [2.24, 2.45) is 5.92 Å². The van der Waals surface area contributed by atoms with Gasteiger partial charge in [-0.2, -0.15) is 0 Å². The number of ketones is 1. The molecule has 3 aromatic rings. The van der Waals surface area contributed by atoms with E-state index in [1.807, 2.05) is 24.8 Å². The van der Waals surface area contributed by atoms with Gasteiger partial charge in [-0.3, -0.25) is 9.59 Å². The number of aromatic nitrogens is 1. The smallest absolute Gasteiger partial charge is 0.271 e. The summed E-state index contributed by atoms with van der Waals surface area (Å²) in [5, 5.41) is 5.48. The van der Waals surface area contributed by atoms with Gasteiger partial charge < -0.3 is 24.3 Å². The number of hydrogen-bond acceptors (Lipinski definition) is 6. The topological polar surface area (TPSA) is 72.8 Å². The Hall–Kier alpha value is -3.10. The highest BCUT2D eigenvalue weighted by Gasteiger charge is 2.39. The number of thiophene rings is 1. The van der Waals surface area contributed by atoms with E-state index in [2.05, 4.69) is 39.5 Å². The van der Waals surface area contributed by atoms with Crippen molar-refractivity contribution in [1.29, 1.82) is 0 Å². The molecule has 1 saturated carbocycles. The van der Waals surface area contributed by atoms with Crippen LogP contribution in [0.15, 0.2) is 35.7 Å². The van der Waals surface area contributed by atoms with Crippen LogP contribution >= 0.6 is 11.3 Å². The number of nitrogens with zero attached hydrogens (tertiary/aromatic N) is 2. The molecule has 3 aliphatic rings. The van der Waals surface area contributed by atoms with E-state index in [9.17, 15) is 9.59 Å². The molecule has 1 atom stereocenters. The molecule has 1 amide bonds. The van der Waals surface area contributed by atoms with Gasteiger partial charge in [0.2, 0.25) is 0 Å². The largest absolute Gasteiger partial charge is 0.493 e. The molecular formula is C31H37N3O4S. The lowest BCUT2D eigenvalue weighted by molar-refractivity contribution is -0.129. The van der Waals surface area contributed by atoms with E-state index in [-0.39, 0.29) is 23.7 Å². The third-order valence-corrected chi connectivity index (χ3v) is 9.18. The first-order valence-corrected chi connectivity index (χ1v) is 15.0. The van der Waals surface area contributed by atoms with Gasteiger partial charge in [0, 0.05) is 41.6 Å². The van der Waals surface area contributed by atoms with Crippen molar-refractivity contribution in [2.45, 2.75) is 64.6 Å². The van der Waals surface area contributed by atoms with Gasteiger partial charge in [-0.25, -0.2) is 0 Å². The third kappa shape index (κ3) is 4.78. The van der Waals surface area contributed by atoms with Gasteiger partial charge in [0.15, 0.2) is 17.3 Å². The van der Waals surface area contributed by atoms with E-state index < -0.39 is 6.04 Å². The van der Waals surface area contributed by atoms with Crippen LogP contribution in [0.2, 0.25) is 0 Å². The Balaban J connectivity index is 1.46. The van der Waals surface area contributed by atoms with Gasteiger partial charge in [0.05, 0.1) is 18.9 Å². The van der Waals surface area contributed by atoms with Gasteiger partial charge in [-0.05, 0) is 81.3 Å². The maximum Gasteiger partial charge on any atom is 0.271 e. The number of amides is 1. The highest BCUT2D eigenvalue weighted by Crippen LogP contribution is 2.45. The molecule has 4 heterocycles. The molecule has 0 radical (unpaired) electrons. The number of hydrogen-bond donors (Lipinski definition) is 1. The van der Waals surface area contributed by atoms with E-state index in [4.69, 9.17) is 9.47 Å². The average molecular weight is 548 g/mol. The zero-order valence-electron chi connectivity index (χ0n) is 23.0. The normalized spacial score (nSPS) is 19.2. The summed E-state index contributed by atoms with van der Waals surface area (Å²) in [7, 11) is 1.67. The number of carbonyl (C=O) groups is 2. The van der Waals surface area contributed by atoms with Crippen molar-refractivity contribution >= 4 is 23.0 Å². The number of Topliss-reactive ketones (excluding diaryl/α,β-unsaturated/α-hetero) is 1. The number of carbonyl (C=O) groups excluding carboxylic acids is 2. The summed E-state index contributed by atoms with van der Waals surface area (Å²) in [5.74, 6) is 1.70. The second-order valence-corrected chi connectivity index (χ2v) is 12.0. The molecule has 2 aliphatic heterocycles. The van der Waals surface area contributed by atoms with Crippen molar-refractivity contribution in [3.8, 4) is 33.2 Å². The van der Waals surface area contributed by atoms with Crippen molar-refractivity contribution in [3.63, 3.8) is 0 Å². The summed E-state index contributed by atoms with van der Waals surface area (Å²) in [5.41, 5.74) is 4.99. The lowest BCUT2D eigenvalue weighted by atomic mass is 9.79. The molecule has 0 bridgehead atoms. The summed E-state index contributed by atoms with van der Waals surface area (Å²) in [6.45, 7) is 6.64. The van der Waals surface area contributed by atoms with Crippen LogP contribution in [0.3, 0.4) is 0 Å². The number of fused-ring (bicyclic) bond motifs is 3. The van der Waals surface area contributed by atoms with Crippen LogP contribution in [0.4, 0.5) is 0 Å². The third-order valence-electron chi connectivity index (χ3n) is 8.28. The Morgan fingerprint density at radius 3 is 2.62 bits per heavy atom. The molecule has 1 aromatic carbocycles. The average Bonchev–Trinajstić information content (AvgIpc) is 3.48. The van der Waals surface area contributed by atoms with E-state index in [0.29, 0.717) is 31.1 Å². The standard InChI is InChI=1S/C31H37N3O4S/c1-19(2)38-27-17-22-21(15-26(27)37-3)10-13-33-24(16-23(29(22)33)28-9-5-14-39-28)31(36)34-12-6-11-32-18-25(34)30(35)20-7-4-8-20/h5,9,14-17,19-20,25,32H,4,6-8,10-13,18H2,1-3H3. The molecule has 206 valence electrons. The molecule has 1 unspecified atom stereocenters. The zero-order chi connectivity index (χ0) is 27.1. The molecule has 7 nitrogen and oxygen atoms in total. The minimum Gasteiger partial charge on any atom is -0.493 e. The maximum atomic E-state index is 14.4. The summed E-state index contributed by atoms with van der Waals surface area (Å²) in [6, 6.07) is 9.95. The monoisotopic (exact) mass is 547 g/mol. The maximum absolute atomic E-state index is 14.4. The van der Waals surface area contributed by atoms with Gasteiger partial charge in [0.1, 0.15) is 11.7 Å². The fourth-order valence-electron chi connectivity index (χ4n) is 6.12.